The Labute approximate surface area is 105 Å². The molecule has 4 nitrogen and oxygen atoms in total. The molecule has 0 atom stereocenters. The molecule has 2 aromatic rings. The van der Waals surface area contributed by atoms with Crippen molar-refractivity contribution in [1.82, 2.24) is 4.98 Å². The van der Waals surface area contributed by atoms with Crippen LogP contribution in [0.15, 0.2) is 48.7 Å². The second kappa shape index (κ2) is 5.82. The average Bonchev–Trinajstić information content (AvgIpc) is 2.38. The molecule has 0 unspecified atom stereocenters. The molecule has 1 aromatic heterocycles. The lowest BCUT2D eigenvalue weighted by Crippen LogP contribution is -1.99. The number of nitrogens with zero attached hydrogens (tertiary/aromatic N) is 1. The molecule has 0 aliphatic heterocycles. The fourth-order valence-electron chi connectivity index (χ4n) is 1.39. The van der Waals surface area contributed by atoms with Crippen molar-refractivity contribution in [2.45, 2.75) is 13.5 Å². The Kier molecular flexibility index (Phi) is 3.91. The zero-order valence-corrected chi connectivity index (χ0v) is 10.00. The highest BCUT2D eigenvalue weighted by atomic mass is 16.5. The number of para-hydroxylation sites is 1. The van der Waals surface area contributed by atoms with Crippen molar-refractivity contribution in [3.05, 3.63) is 54.2 Å². The molecule has 0 bridgehead atoms. The summed E-state index contributed by atoms with van der Waals surface area (Å²) in [6, 6.07) is 12.9. The molecule has 0 radical (unpaired) electrons. The van der Waals surface area contributed by atoms with Crippen LogP contribution < -0.4 is 4.74 Å². The standard InChI is InChI=1S/C14H13NO3/c1-11(16)17-10-12-7-8-15-14(9-12)18-13-5-3-2-4-6-13/h2-9H,10H2,1H3. The van der Waals surface area contributed by atoms with Crippen LogP contribution in [0.25, 0.3) is 0 Å². The van der Waals surface area contributed by atoms with Gasteiger partial charge in [-0.15, -0.1) is 0 Å². The Balaban J connectivity index is 2.05. The summed E-state index contributed by atoms with van der Waals surface area (Å²) < 4.78 is 10.5. The Morgan fingerprint density at radius 2 is 2.00 bits per heavy atom. The Hall–Kier alpha value is -2.36. The summed E-state index contributed by atoms with van der Waals surface area (Å²) in [5.74, 6) is 0.887. The van der Waals surface area contributed by atoms with E-state index in [9.17, 15) is 4.79 Å². The number of esters is 1. The Morgan fingerprint density at radius 3 is 2.72 bits per heavy atom. The van der Waals surface area contributed by atoms with Crippen LogP contribution in [0.3, 0.4) is 0 Å². The molecule has 0 aliphatic rings. The number of rotatable bonds is 4. The monoisotopic (exact) mass is 243 g/mol. The van der Waals surface area contributed by atoms with E-state index in [0.717, 1.165) is 11.3 Å². The van der Waals surface area contributed by atoms with Crippen molar-refractivity contribution >= 4 is 5.97 Å². The van der Waals surface area contributed by atoms with E-state index in [4.69, 9.17) is 9.47 Å². The maximum Gasteiger partial charge on any atom is 0.302 e. The molecular formula is C14H13NO3. The van der Waals surface area contributed by atoms with E-state index < -0.39 is 0 Å². The molecule has 18 heavy (non-hydrogen) atoms. The quantitative estimate of drug-likeness (QED) is 0.774. The molecule has 0 aliphatic carbocycles. The van der Waals surface area contributed by atoms with E-state index in [1.807, 2.05) is 30.3 Å². The van der Waals surface area contributed by atoms with Gasteiger partial charge in [-0.25, -0.2) is 4.98 Å². The molecule has 4 heteroatoms. The molecule has 2 rings (SSSR count). The van der Waals surface area contributed by atoms with E-state index in [-0.39, 0.29) is 12.6 Å². The first kappa shape index (κ1) is 12.1. The lowest BCUT2D eigenvalue weighted by Gasteiger charge is -2.06. The molecule has 1 heterocycles. The molecule has 0 spiro atoms. The molecule has 0 saturated carbocycles. The number of carbonyl (C=O) groups is 1. The van der Waals surface area contributed by atoms with Gasteiger partial charge in [-0.05, 0) is 23.8 Å². The minimum Gasteiger partial charge on any atom is -0.461 e. The molecule has 0 N–H and O–H groups in total. The second-order valence-corrected chi connectivity index (χ2v) is 3.70. The van der Waals surface area contributed by atoms with E-state index in [2.05, 4.69) is 4.98 Å². The van der Waals surface area contributed by atoms with Gasteiger partial charge in [-0.1, -0.05) is 18.2 Å². The maximum absolute atomic E-state index is 10.7. The van der Waals surface area contributed by atoms with E-state index in [1.54, 1.807) is 18.3 Å². The number of benzene rings is 1. The summed E-state index contributed by atoms with van der Waals surface area (Å²) in [6.45, 7) is 1.60. The molecule has 92 valence electrons. The van der Waals surface area contributed by atoms with Crippen LogP contribution in [0.4, 0.5) is 0 Å². The summed E-state index contributed by atoms with van der Waals surface area (Å²) in [5.41, 5.74) is 0.839. The smallest absolute Gasteiger partial charge is 0.302 e. The number of hydrogen-bond donors (Lipinski definition) is 0. The fourth-order valence-corrected chi connectivity index (χ4v) is 1.39. The number of carbonyl (C=O) groups excluding carboxylic acids is 1. The van der Waals surface area contributed by atoms with Crippen LogP contribution in [-0.2, 0) is 16.1 Å². The van der Waals surface area contributed by atoms with Crippen LogP contribution in [0, 0.1) is 0 Å². The highest BCUT2D eigenvalue weighted by molar-refractivity contribution is 5.65. The summed E-state index contributed by atoms with van der Waals surface area (Å²) in [5, 5.41) is 0. The number of pyridine rings is 1. The topological polar surface area (TPSA) is 48.4 Å². The van der Waals surface area contributed by atoms with Crippen molar-refractivity contribution in [3.63, 3.8) is 0 Å². The summed E-state index contributed by atoms with van der Waals surface area (Å²) in [6.07, 6.45) is 1.62. The minimum absolute atomic E-state index is 0.225. The van der Waals surface area contributed by atoms with Crippen molar-refractivity contribution < 1.29 is 14.3 Å². The first-order valence-corrected chi connectivity index (χ1v) is 5.55. The van der Waals surface area contributed by atoms with E-state index in [0.29, 0.717) is 5.88 Å². The van der Waals surface area contributed by atoms with Gasteiger partial charge in [0.15, 0.2) is 0 Å². The lowest BCUT2D eigenvalue weighted by atomic mass is 10.3. The highest BCUT2D eigenvalue weighted by Gasteiger charge is 2.01. The van der Waals surface area contributed by atoms with Crippen molar-refractivity contribution in [1.29, 1.82) is 0 Å². The zero-order valence-electron chi connectivity index (χ0n) is 10.00. The van der Waals surface area contributed by atoms with Crippen LogP contribution in [-0.4, -0.2) is 11.0 Å². The molecule has 1 aromatic carbocycles. The van der Waals surface area contributed by atoms with Crippen LogP contribution in [0.1, 0.15) is 12.5 Å². The third kappa shape index (κ3) is 3.59. The Bertz CT molecular complexity index is 526. The van der Waals surface area contributed by atoms with Gasteiger partial charge in [0.25, 0.3) is 0 Å². The molecule has 0 saturated heterocycles. The van der Waals surface area contributed by atoms with Gasteiger partial charge in [0.1, 0.15) is 12.4 Å². The normalized spacial score (nSPS) is 9.83. The maximum atomic E-state index is 10.7. The van der Waals surface area contributed by atoms with Gasteiger partial charge in [-0.2, -0.15) is 0 Å². The van der Waals surface area contributed by atoms with Gasteiger partial charge in [-0.3, -0.25) is 4.79 Å². The highest BCUT2D eigenvalue weighted by Crippen LogP contribution is 2.19. The van der Waals surface area contributed by atoms with Gasteiger partial charge < -0.3 is 9.47 Å². The predicted molar refractivity (Wildman–Crippen MR) is 66.2 cm³/mol. The van der Waals surface area contributed by atoms with Crippen molar-refractivity contribution in [2.24, 2.45) is 0 Å². The van der Waals surface area contributed by atoms with E-state index in [1.165, 1.54) is 6.92 Å². The zero-order chi connectivity index (χ0) is 12.8. The van der Waals surface area contributed by atoms with Crippen molar-refractivity contribution in [3.8, 4) is 11.6 Å². The SMILES string of the molecule is CC(=O)OCc1ccnc(Oc2ccccc2)c1. The second-order valence-electron chi connectivity index (χ2n) is 3.70. The van der Waals surface area contributed by atoms with Gasteiger partial charge in [0.05, 0.1) is 0 Å². The largest absolute Gasteiger partial charge is 0.461 e. The number of hydrogen-bond acceptors (Lipinski definition) is 4. The first-order valence-electron chi connectivity index (χ1n) is 5.55. The van der Waals surface area contributed by atoms with Gasteiger partial charge in [0.2, 0.25) is 5.88 Å². The molecular weight excluding hydrogens is 230 g/mol. The first-order chi connectivity index (χ1) is 8.74. The van der Waals surface area contributed by atoms with Gasteiger partial charge >= 0.3 is 5.97 Å². The minimum atomic E-state index is -0.308. The summed E-state index contributed by atoms with van der Waals surface area (Å²) >= 11 is 0. The van der Waals surface area contributed by atoms with Crippen molar-refractivity contribution in [2.75, 3.05) is 0 Å². The van der Waals surface area contributed by atoms with Crippen LogP contribution in [0.5, 0.6) is 11.6 Å². The third-order valence-corrected chi connectivity index (χ3v) is 2.21. The molecule has 0 fully saturated rings. The third-order valence-electron chi connectivity index (χ3n) is 2.21. The van der Waals surface area contributed by atoms with E-state index >= 15 is 0 Å². The number of aromatic nitrogens is 1. The number of ether oxygens (including phenoxy) is 2. The van der Waals surface area contributed by atoms with Gasteiger partial charge in [0, 0.05) is 19.2 Å². The van der Waals surface area contributed by atoms with Crippen LogP contribution >= 0.6 is 0 Å². The summed E-state index contributed by atoms with van der Waals surface area (Å²) in [4.78, 5) is 14.8. The fraction of sp³-hybridized carbons (Fsp3) is 0.143. The summed E-state index contributed by atoms with van der Waals surface area (Å²) in [7, 11) is 0. The predicted octanol–water partition coefficient (Wildman–Crippen LogP) is 2.94. The Morgan fingerprint density at radius 1 is 1.22 bits per heavy atom. The van der Waals surface area contributed by atoms with Crippen LogP contribution in [0.2, 0.25) is 0 Å². The molecule has 0 amide bonds. The average molecular weight is 243 g/mol. The lowest BCUT2D eigenvalue weighted by molar-refractivity contribution is -0.142.